The normalized spacial score (nSPS) is 47.0. The van der Waals surface area contributed by atoms with E-state index in [1.807, 2.05) is 0 Å². The van der Waals surface area contributed by atoms with E-state index in [2.05, 4.69) is 24.5 Å². The topological polar surface area (TPSA) is 15.3 Å². The van der Waals surface area contributed by atoms with Gasteiger partial charge in [0.15, 0.2) is 0 Å². The van der Waals surface area contributed by atoms with Crippen LogP contribution in [-0.2, 0) is 0 Å². The fraction of sp³-hybridized carbons (Fsp3) is 1.00. The molecular weight excluding hydrogens is 208 g/mol. The lowest BCUT2D eigenvalue weighted by atomic mass is 9.54. The highest BCUT2D eigenvalue weighted by atomic mass is 35.5. The minimum atomic E-state index is 0. The molecule has 0 spiro atoms. The van der Waals surface area contributed by atoms with Crippen LogP contribution in [0.15, 0.2) is 0 Å². The molecular formula is C12H23ClN2. The quantitative estimate of drug-likeness (QED) is 0.733. The molecule has 0 aromatic carbocycles. The molecule has 0 amide bonds. The Hall–Kier alpha value is 0.210. The third kappa shape index (κ3) is 2.04. The smallest absolute Gasteiger partial charge is 0.0271 e. The van der Waals surface area contributed by atoms with Gasteiger partial charge in [-0.25, -0.2) is 0 Å². The van der Waals surface area contributed by atoms with Crippen molar-refractivity contribution >= 4 is 12.4 Å². The number of hydrogen-bond donors (Lipinski definition) is 1. The van der Waals surface area contributed by atoms with Crippen LogP contribution >= 0.6 is 12.4 Å². The van der Waals surface area contributed by atoms with E-state index in [1.165, 1.54) is 25.7 Å². The van der Waals surface area contributed by atoms with Crippen LogP contribution in [0.3, 0.4) is 0 Å². The number of halogens is 1. The van der Waals surface area contributed by atoms with E-state index < -0.39 is 0 Å². The van der Waals surface area contributed by atoms with Gasteiger partial charge in [-0.15, -0.1) is 12.4 Å². The van der Waals surface area contributed by atoms with Crippen molar-refractivity contribution in [2.75, 3.05) is 14.1 Å². The first kappa shape index (κ1) is 11.7. The highest BCUT2D eigenvalue weighted by Crippen LogP contribution is 2.53. The summed E-state index contributed by atoms with van der Waals surface area (Å²) in [6, 6.07) is 0.804. The molecule has 0 aromatic rings. The molecule has 2 nitrogen and oxygen atoms in total. The Bertz CT molecular complexity index is 202. The zero-order chi connectivity index (χ0) is 9.71. The van der Waals surface area contributed by atoms with Gasteiger partial charge in [-0.3, -0.25) is 10.4 Å². The van der Waals surface area contributed by atoms with Crippen LogP contribution in [0.25, 0.3) is 0 Å². The average molecular weight is 231 g/mol. The van der Waals surface area contributed by atoms with Crippen molar-refractivity contribution in [2.24, 2.45) is 23.7 Å². The van der Waals surface area contributed by atoms with E-state index in [0.717, 1.165) is 29.7 Å². The van der Waals surface area contributed by atoms with E-state index in [0.29, 0.717) is 0 Å². The first-order chi connectivity index (χ1) is 6.72. The standard InChI is InChI=1S/C12H22N2.ClH/c1-14(2)13-12-10-4-8-3-9(6-10)7-11(12)5-8;/h8-13H,3-7H2,1-2H3;1H. The highest BCUT2D eigenvalue weighted by molar-refractivity contribution is 5.85. The molecule has 3 heteroatoms. The lowest BCUT2D eigenvalue weighted by molar-refractivity contribution is -0.0348. The van der Waals surface area contributed by atoms with Gasteiger partial charge in [-0.1, -0.05) is 0 Å². The maximum absolute atomic E-state index is 3.66. The molecule has 0 atom stereocenters. The first-order valence-electron chi connectivity index (χ1n) is 6.16. The van der Waals surface area contributed by atoms with Gasteiger partial charge in [0.25, 0.3) is 0 Å². The Balaban J connectivity index is 0.000000853. The lowest BCUT2D eigenvalue weighted by Gasteiger charge is -2.55. The maximum atomic E-state index is 3.66. The lowest BCUT2D eigenvalue weighted by Crippen LogP contribution is -2.57. The van der Waals surface area contributed by atoms with E-state index in [-0.39, 0.29) is 12.4 Å². The van der Waals surface area contributed by atoms with Gasteiger partial charge in [0.05, 0.1) is 0 Å². The molecule has 0 heterocycles. The van der Waals surface area contributed by atoms with Gasteiger partial charge in [0.1, 0.15) is 0 Å². The minimum absolute atomic E-state index is 0. The maximum Gasteiger partial charge on any atom is 0.0271 e. The molecule has 4 aliphatic carbocycles. The zero-order valence-electron chi connectivity index (χ0n) is 9.78. The van der Waals surface area contributed by atoms with Crippen molar-refractivity contribution in [3.8, 4) is 0 Å². The molecule has 0 aromatic heterocycles. The van der Waals surface area contributed by atoms with Crippen molar-refractivity contribution in [1.82, 2.24) is 10.4 Å². The molecule has 4 saturated carbocycles. The first-order valence-corrected chi connectivity index (χ1v) is 6.16. The van der Waals surface area contributed by atoms with E-state index in [1.54, 1.807) is 6.42 Å². The molecule has 4 aliphatic rings. The van der Waals surface area contributed by atoms with Crippen LogP contribution in [0.1, 0.15) is 32.1 Å². The van der Waals surface area contributed by atoms with Crippen LogP contribution in [-0.4, -0.2) is 25.1 Å². The van der Waals surface area contributed by atoms with Crippen LogP contribution in [0, 0.1) is 23.7 Å². The van der Waals surface area contributed by atoms with Gasteiger partial charge < -0.3 is 0 Å². The Labute approximate surface area is 99.2 Å². The SMILES string of the molecule is CN(C)NC1C2CC3CC(C2)CC1C3.Cl. The average Bonchev–Trinajstić information content (AvgIpc) is 2.09. The number of hydrogen-bond acceptors (Lipinski definition) is 2. The molecule has 88 valence electrons. The largest absolute Gasteiger partial charge is 0.252 e. The Morgan fingerprint density at radius 2 is 1.33 bits per heavy atom. The molecule has 0 saturated heterocycles. The number of rotatable bonds is 2. The van der Waals surface area contributed by atoms with Crippen molar-refractivity contribution in [1.29, 1.82) is 0 Å². The third-order valence-electron chi connectivity index (χ3n) is 4.63. The molecule has 4 rings (SSSR count). The van der Waals surface area contributed by atoms with Crippen LogP contribution in [0.2, 0.25) is 0 Å². The van der Waals surface area contributed by atoms with E-state index in [9.17, 15) is 0 Å². The molecule has 4 bridgehead atoms. The summed E-state index contributed by atoms with van der Waals surface area (Å²) in [6.45, 7) is 0. The number of hydrazine groups is 1. The summed E-state index contributed by atoms with van der Waals surface area (Å²) in [5.74, 6) is 4.18. The zero-order valence-corrected chi connectivity index (χ0v) is 10.6. The van der Waals surface area contributed by atoms with Gasteiger partial charge in [-0.2, -0.15) is 0 Å². The minimum Gasteiger partial charge on any atom is -0.252 e. The predicted octanol–water partition coefficient (Wildman–Crippen LogP) is 2.30. The summed E-state index contributed by atoms with van der Waals surface area (Å²) in [7, 11) is 4.26. The third-order valence-corrected chi connectivity index (χ3v) is 4.63. The summed E-state index contributed by atoms with van der Waals surface area (Å²) in [6.07, 6.45) is 7.61. The summed E-state index contributed by atoms with van der Waals surface area (Å²) < 4.78 is 0. The Morgan fingerprint density at radius 3 is 1.73 bits per heavy atom. The van der Waals surface area contributed by atoms with E-state index in [4.69, 9.17) is 0 Å². The summed E-state index contributed by atoms with van der Waals surface area (Å²) in [5, 5.41) is 2.16. The van der Waals surface area contributed by atoms with Crippen molar-refractivity contribution in [2.45, 2.75) is 38.1 Å². The van der Waals surface area contributed by atoms with Crippen molar-refractivity contribution in [3.05, 3.63) is 0 Å². The molecule has 0 radical (unpaired) electrons. The monoisotopic (exact) mass is 230 g/mol. The van der Waals surface area contributed by atoms with Gasteiger partial charge in [0, 0.05) is 20.1 Å². The second-order valence-electron chi connectivity index (χ2n) is 5.98. The van der Waals surface area contributed by atoms with Crippen molar-refractivity contribution in [3.63, 3.8) is 0 Å². The Kier molecular flexibility index (Phi) is 3.30. The van der Waals surface area contributed by atoms with Crippen LogP contribution in [0.4, 0.5) is 0 Å². The number of nitrogens with one attached hydrogen (secondary N) is 1. The summed E-state index contributed by atoms with van der Waals surface area (Å²) in [4.78, 5) is 0. The second-order valence-corrected chi connectivity index (χ2v) is 5.98. The molecule has 15 heavy (non-hydrogen) atoms. The van der Waals surface area contributed by atoms with E-state index >= 15 is 0 Å². The van der Waals surface area contributed by atoms with Crippen LogP contribution in [0.5, 0.6) is 0 Å². The van der Waals surface area contributed by atoms with Gasteiger partial charge in [-0.05, 0) is 55.8 Å². The van der Waals surface area contributed by atoms with Gasteiger partial charge >= 0.3 is 0 Å². The summed E-state index contributed by atoms with van der Waals surface area (Å²) >= 11 is 0. The van der Waals surface area contributed by atoms with Crippen LogP contribution < -0.4 is 5.43 Å². The predicted molar refractivity (Wildman–Crippen MR) is 64.9 cm³/mol. The second kappa shape index (κ2) is 4.23. The highest BCUT2D eigenvalue weighted by Gasteiger charge is 2.48. The Morgan fingerprint density at radius 1 is 0.867 bits per heavy atom. The summed E-state index contributed by atoms with van der Waals surface area (Å²) in [5.41, 5.74) is 3.66. The fourth-order valence-electron chi connectivity index (χ4n) is 4.43. The molecule has 4 fully saturated rings. The fourth-order valence-corrected chi connectivity index (χ4v) is 4.43. The molecule has 1 N–H and O–H groups in total. The number of nitrogens with zero attached hydrogens (tertiary/aromatic N) is 1. The van der Waals surface area contributed by atoms with Gasteiger partial charge in [0.2, 0.25) is 0 Å². The van der Waals surface area contributed by atoms with Crippen molar-refractivity contribution < 1.29 is 0 Å². The molecule has 0 unspecified atom stereocenters. The molecule has 0 aliphatic heterocycles.